The van der Waals surface area contributed by atoms with Gasteiger partial charge in [-0.3, -0.25) is 4.79 Å². The van der Waals surface area contributed by atoms with Gasteiger partial charge in [0.2, 0.25) is 0 Å². The van der Waals surface area contributed by atoms with Gasteiger partial charge in [0.05, 0.1) is 12.8 Å². The molecule has 0 spiro atoms. The predicted octanol–water partition coefficient (Wildman–Crippen LogP) is 3.77. The number of halogens is 1. The number of benzene rings is 2. The SMILES string of the molecule is CCCCOc1ccc(/C=N/NC(=O)c2ccc(F)cc2)cc1. The third-order valence-corrected chi connectivity index (χ3v) is 3.13. The van der Waals surface area contributed by atoms with Crippen molar-refractivity contribution in [3.63, 3.8) is 0 Å². The first-order valence-electron chi connectivity index (χ1n) is 7.51. The number of nitrogens with zero attached hydrogens (tertiary/aromatic N) is 1. The molecule has 1 N–H and O–H groups in total. The van der Waals surface area contributed by atoms with E-state index in [-0.39, 0.29) is 11.7 Å². The summed E-state index contributed by atoms with van der Waals surface area (Å²) >= 11 is 0. The van der Waals surface area contributed by atoms with Crippen LogP contribution in [0.5, 0.6) is 5.75 Å². The van der Waals surface area contributed by atoms with Gasteiger partial charge in [-0.2, -0.15) is 5.10 Å². The minimum atomic E-state index is -0.388. The maximum atomic E-state index is 12.8. The van der Waals surface area contributed by atoms with E-state index in [9.17, 15) is 9.18 Å². The second-order valence-corrected chi connectivity index (χ2v) is 4.98. The first kappa shape index (κ1) is 16.7. The van der Waals surface area contributed by atoms with Crippen molar-refractivity contribution in [2.75, 3.05) is 6.61 Å². The number of hydrazone groups is 1. The van der Waals surface area contributed by atoms with E-state index in [1.165, 1.54) is 30.5 Å². The molecule has 2 aromatic rings. The zero-order valence-electron chi connectivity index (χ0n) is 13.0. The molecule has 0 aliphatic carbocycles. The molecule has 0 aliphatic rings. The molecule has 2 rings (SSSR count). The van der Waals surface area contributed by atoms with Crippen molar-refractivity contribution in [2.45, 2.75) is 19.8 Å². The first-order valence-corrected chi connectivity index (χ1v) is 7.51. The third-order valence-electron chi connectivity index (χ3n) is 3.13. The van der Waals surface area contributed by atoms with Crippen molar-refractivity contribution in [2.24, 2.45) is 5.10 Å². The van der Waals surface area contributed by atoms with Gasteiger partial charge in [-0.1, -0.05) is 13.3 Å². The number of hydrogen-bond donors (Lipinski definition) is 1. The van der Waals surface area contributed by atoms with E-state index in [0.717, 1.165) is 24.2 Å². The van der Waals surface area contributed by atoms with Gasteiger partial charge >= 0.3 is 0 Å². The Morgan fingerprint density at radius 1 is 1.17 bits per heavy atom. The summed E-state index contributed by atoms with van der Waals surface area (Å²) in [6, 6.07) is 12.7. The number of unbranched alkanes of at least 4 members (excludes halogenated alkanes) is 1. The molecule has 1 amide bonds. The molecule has 2 aromatic carbocycles. The molecule has 0 unspecified atom stereocenters. The van der Waals surface area contributed by atoms with E-state index >= 15 is 0 Å². The van der Waals surface area contributed by atoms with Crippen LogP contribution in [0.1, 0.15) is 35.7 Å². The molecule has 0 fully saturated rings. The Bertz CT molecular complexity index is 652. The average molecular weight is 314 g/mol. The van der Waals surface area contributed by atoms with E-state index in [1.54, 1.807) is 0 Å². The largest absolute Gasteiger partial charge is 0.494 e. The molecule has 0 aromatic heterocycles. The highest BCUT2D eigenvalue weighted by molar-refractivity contribution is 5.94. The summed E-state index contributed by atoms with van der Waals surface area (Å²) in [4.78, 5) is 11.8. The van der Waals surface area contributed by atoms with Crippen molar-refractivity contribution in [1.82, 2.24) is 5.43 Å². The van der Waals surface area contributed by atoms with Crippen LogP contribution in [0.25, 0.3) is 0 Å². The minimum Gasteiger partial charge on any atom is -0.494 e. The molecule has 0 bridgehead atoms. The summed E-state index contributed by atoms with van der Waals surface area (Å²) in [5, 5.41) is 3.89. The molecule has 0 heterocycles. The molecule has 5 heteroatoms. The van der Waals surface area contributed by atoms with Crippen molar-refractivity contribution in [3.8, 4) is 5.75 Å². The number of carbonyl (C=O) groups excluding carboxylic acids is 1. The second-order valence-electron chi connectivity index (χ2n) is 4.98. The molecule has 23 heavy (non-hydrogen) atoms. The summed E-state index contributed by atoms with van der Waals surface area (Å²) in [5.74, 6) is 0.0398. The summed E-state index contributed by atoms with van der Waals surface area (Å²) in [6.45, 7) is 2.82. The monoisotopic (exact) mass is 314 g/mol. The van der Waals surface area contributed by atoms with Gasteiger partial charge in [0.15, 0.2) is 0 Å². The fourth-order valence-electron chi connectivity index (χ4n) is 1.82. The van der Waals surface area contributed by atoms with Gasteiger partial charge in [-0.15, -0.1) is 0 Å². The van der Waals surface area contributed by atoms with Crippen LogP contribution in [0.2, 0.25) is 0 Å². The van der Waals surface area contributed by atoms with Crippen LogP contribution in [0.3, 0.4) is 0 Å². The third kappa shape index (κ3) is 5.54. The normalized spacial score (nSPS) is 10.7. The van der Waals surface area contributed by atoms with Gasteiger partial charge in [0, 0.05) is 5.56 Å². The molecular formula is C18H19FN2O2. The van der Waals surface area contributed by atoms with Gasteiger partial charge in [-0.25, -0.2) is 9.82 Å². The van der Waals surface area contributed by atoms with E-state index in [0.29, 0.717) is 12.2 Å². The lowest BCUT2D eigenvalue weighted by Crippen LogP contribution is -2.17. The first-order chi connectivity index (χ1) is 11.2. The number of rotatable bonds is 7. The summed E-state index contributed by atoms with van der Waals surface area (Å²) in [7, 11) is 0. The van der Waals surface area contributed by atoms with Crippen LogP contribution in [0, 0.1) is 5.82 Å². The van der Waals surface area contributed by atoms with Gasteiger partial charge in [-0.05, 0) is 60.5 Å². The quantitative estimate of drug-likeness (QED) is 0.480. The number of ether oxygens (including phenoxy) is 1. The van der Waals surface area contributed by atoms with Gasteiger partial charge < -0.3 is 4.74 Å². The molecule has 4 nitrogen and oxygen atoms in total. The van der Waals surface area contributed by atoms with Crippen LogP contribution in [-0.4, -0.2) is 18.7 Å². The lowest BCUT2D eigenvalue weighted by Gasteiger charge is -2.05. The topological polar surface area (TPSA) is 50.7 Å². The van der Waals surface area contributed by atoms with Crippen LogP contribution in [-0.2, 0) is 0 Å². The fourth-order valence-corrected chi connectivity index (χ4v) is 1.82. The average Bonchev–Trinajstić information content (AvgIpc) is 2.57. The molecule has 0 atom stereocenters. The molecule has 0 saturated heterocycles. The highest BCUT2D eigenvalue weighted by Gasteiger charge is 2.03. The standard InChI is InChI=1S/C18H19FN2O2/c1-2-3-12-23-17-10-4-14(5-11-17)13-20-21-18(22)15-6-8-16(19)9-7-15/h4-11,13H,2-3,12H2,1H3,(H,21,22)/b20-13+. The van der Waals surface area contributed by atoms with Crippen LogP contribution in [0.4, 0.5) is 4.39 Å². The smallest absolute Gasteiger partial charge is 0.271 e. The lowest BCUT2D eigenvalue weighted by atomic mass is 10.2. The van der Waals surface area contributed by atoms with E-state index in [1.807, 2.05) is 24.3 Å². The highest BCUT2D eigenvalue weighted by Crippen LogP contribution is 2.11. The van der Waals surface area contributed by atoms with Crippen molar-refractivity contribution < 1.29 is 13.9 Å². The summed E-state index contributed by atoms with van der Waals surface area (Å²) < 4.78 is 18.3. The van der Waals surface area contributed by atoms with E-state index in [4.69, 9.17) is 4.74 Å². The second kappa shape index (κ2) is 8.68. The summed E-state index contributed by atoms with van der Waals surface area (Å²) in [5.41, 5.74) is 3.59. The number of amides is 1. The molecule has 0 radical (unpaired) electrons. The number of carbonyl (C=O) groups is 1. The zero-order valence-corrected chi connectivity index (χ0v) is 13.0. The Morgan fingerprint density at radius 2 is 1.87 bits per heavy atom. The molecular weight excluding hydrogens is 295 g/mol. The fraction of sp³-hybridized carbons (Fsp3) is 0.222. The van der Waals surface area contributed by atoms with Crippen LogP contribution in [0.15, 0.2) is 53.6 Å². The van der Waals surface area contributed by atoms with Crippen molar-refractivity contribution >= 4 is 12.1 Å². The summed E-state index contributed by atoms with van der Waals surface area (Å²) in [6.07, 6.45) is 3.66. The molecule has 120 valence electrons. The van der Waals surface area contributed by atoms with Gasteiger partial charge in [0.1, 0.15) is 11.6 Å². The maximum Gasteiger partial charge on any atom is 0.271 e. The molecule has 0 aliphatic heterocycles. The van der Waals surface area contributed by atoms with Crippen LogP contribution >= 0.6 is 0 Å². The zero-order chi connectivity index (χ0) is 16.5. The Balaban J connectivity index is 1.85. The Morgan fingerprint density at radius 3 is 2.52 bits per heavy atom. The van der Waals surface area contributed by atoms with Crippen LogP contribution < -0.4 is 10.2 Å². The van der Waals surface area contributed by atoms with E-state index in [2.05, 4.69) is 17.5 Å². The Hall–Kier alpha value is -2.69. The number of hydrogen-bond acceptors (Lipinski definition) is 3. The number of nitrogens with one attached hydrogen (secondary N) is 1. The maximum absolute atomic E-state index is 12.8. The highest BCUT2D eigenvalue weighted by atomic mass is 19.1. The van der Waals surface area contributed by atoms with Crippen molar-refractivity contribution in [1.29, 1.82) is 0 Å². The van der Waals surface area contributed by atoms with Gasteiger partial charge in [0.25, 0.3) is 5.91 Å². The van der Waals surface area contributed by atoms with Crippen molar-refractivity contribution in [3.05, 3.63) is 65.5 Å². The molecule has 0 saturated carbocycles. The lowest BCUT2D eigenvalue weighted by molar-refractivity contribution is 0.0955. The van der Waals surface area contributed by atoms with E-state index < -0.39 is 0 Å². The Kier molecular flexibility index (Phi) is 6.29. The Labute approximate surface area is 135 Å². The predicted molar refractivity (Wildman–Crippen MR) is 88.3 cm³/mol. The minimum absolute atomic E-state index is 0.350.